The molecule has 0 fully saturated rings. The fourth-order valence-electron chi connectivity index (χ4n) is 2.12. The molecule has 0 amide bonds. The smallest absolute Gasteiger partial charge is 0.123 e. The van der Waals surface area contributed by atoms with Crippen LogP contribution in [0.15, 0.2) is 48.5 Å². The molecular weight excluding hydrogens is 244 g/mol. The maximum atomic E-state index is 13.2. The van der Waals surface area contributed by atoms with Crippen LogP contribution in [-0.2, 0) is 0 Å². The van der Waals surface area contributed by atoms with E-state index in [1.807, 2.05) is 26.0 Å². The van der Waals surface area contributed by atoms with Crippen LogP contribution in [0.25, 0.3) is 0 Å². The SMILES string of the molecule is CC(N[C@@H](C)c1cccc(F)c1)c1cccc(F)c1. The van der Waals surface area contributed by atoms with E-state index in [1.165, 1.54) is 24.3 Å². The molecule has 2 rings (SSSR count). The number of hydrogen-bond donors (Lipinski definition) is 1. The van der Waals surface area contributed by atoms with Crippen LogP contribution in [0, 0.1) is 11.6 Å². The van der Waals surface area contributed by atoms with Crippen LogP contribution in [0.2, 0.25) is 0 Å². The lowest BCUT2D eigenvalue weighted by Gasteiger charge is -2.21. The first kappa shape index (κ1) is 13.7. The van der Waals surface area contributed by atoms with E-state index < -0.39 is 0 Å². The van der Waals surface area contributed by atoms with E-state index in [0.717, 1.165) is 11.1 Å². The summed E-state index contributed by atoms with van der Waals surface area (Å²) in [5, 5.41) is 3.33. The predicted octanol–water partition coefficient (Wildman–Crippen LogP) is 4.38. The molecule has 0 aliphatic heterocycles. The van der Waals surface area contributed by atoms with Gasteiger partial charge in [0.1, 0.15) is 11.6 Å². The highest BCUT2D eigenvalue weighted by Crippen LogP contribution is 2.20. The van der Waals surface area contributed by atoms with E-state index in [0.29, 0.717) is 0 Å². The van der Waals surface area contributed by atoms with Crippen molar-refractivity contribution in [2.24, 2.45) is 0 Å². The van der Waals surface area contributed by atoms with E-state index in [-0.39, 0.29) is 23.7 Å². The number of halogens is 2. The second kappa shape index (κ2) is 5.93. The predicted molar refractivity (Wildman–Crippen MR) is 72.8 cm³/mol. The molecule has 0 saturated heterocycles. The van der Waals surface area contributed by atoms with Crippen LogP contribution < -0.4 is 5.32 Å². The topological polar surface area (TPSA) is 12.0 Å². The molecule has 0 spiro atoms. The quantitative estimate of drug-likeness (QED) is 0.861. The van der Waals surface area contributed by atoms with Gasteiger partial charge in [0.05, 0.1) is 0 Å². The monoisotopic (exact) mass is 261 g/mol. The first-order chi connectivity index (χ1) is 9.06. The van der Waals surface area contributed by atoms with Crippen molar-refractivity contribution >= 4 is 0 Å². The van der Waals surface area contributed by atoms with Crippen molar-refractivity contribution < 1.29 is 8.78 Å². The van der Waals surface area contributed by atoms with Crippen molar-refractivity contribution in [1.82, 2.24) is 5.32 Å². The molecular formula is C16H17F2N. The molecule has 0 heterocycles. The Bertz CT molecular complexity index is 504. The summed E-state index contributed by atoms with van der Waals surface area (Å²) in [6, 6.07) is 13.0. The van der Waals surface area contributed by atoms with Gasteiger partial charge in [-0.1, -0.05) is 24.3 Å². The maximum Gasteiger partial charge on any atom is 0.123 e. The molecule has 1 unspecified atom stereocenters. The van der Waals surface area contributed by atoms with Gasteiger partial charge in [-0.25, -0.2) is 8.78 Å². The maximum absolute atomic E-state index is 13.2. The van der Waals surface area contributed by atoms with Gasteiger partial charge in [-0.3, -0.25) is 0 Å². The van der Waals surface area contributed by atoms with Crippen molar-refractivity contribution in [3.8, 4) is 0 Å². The minimum atomic E-state index is -0.246. The van der Waals surface area contributed by atoms with Crippen molar-refractivity contribution in [2.45, 2.75) is 25.9 Å². The van der Waals surface area contributed by atoms with Gasteiger partial charge in [-0.05, 0) is 49.2 Å². The van der Waals surface area contributed by atoms with Crippen molar-refractivity contribution in [3.05, 3.63) is 71.3 Å². The highest BCUT2D eigenvalue weighted by molar-refractivity contribution is 5.22. The molecule has 100 valence electrons. The summed E-state index contributed by atoms with van der Waals surface area (Å²) in [6.45, 7) is 3.93. The molecule has 0 bridgehead atoms. The van der Waals surface area contributed by atoms with Gasteiger partial charge in [0.2, 0.25) is 0 Å². The Labute approximate surface area is 112 Å². The zero-order valence-corrected chi connectivity index (χ0v) is 11.0. The molecule has 2 aromatic rings. The lowest BCUT2D eigenvalue weighted by Crippen LogP contribution is -2.22. The average molecular weight is 261 g/mol. The first-order valence-corrected chi connectivity index (χ1v) is 6.33. The Balaban J connectivity index is 2.08. The lowest BCUT2D eigenvalue weighted by atomic mass is 10.0. The summed E-state index contributed by atoms with van der Waals surface area (Å²) in [5.41, 5.74) is 1.76. The van der Waals surface area contributed by atoms with E-state index >= 15 is 0 Å². The zero-order valence-electron chi connectivity index (χ0n) is 11.0. The minimum Gasteiger partial charge on any atom is -0.304 e. The second-order valence-corrected chi connectivity index (χ2v) is 4.72. The third-order valence-electron chi connectivity index (χ3n) is 3.20. The van der Waals surface area contributed by atoms with Gasteiger partial charge in [0, 0.05) is 12.1 Å². The van der Waals surface area contributed by atoms with Crippen molar-refractivity contribution in [1.29, 1.82) is 0 Å². The van der Waals surface area contributed by atoms with Crippen LogP contribution in [0.4, 0.5) is 8.78 Å². The first-order valence-electron chi connectivity index (χ1n) is 6.33. The fourth-order valence-corrected chi connectivity index (χ4v) is 2.12. The Kier molecular flexibility index (Phi) is 4.27. The van der Waals surface area contributed by atoms with Crippen molar-refractivity contribution in [3.63, 3.8) is 0 Å². The number of benzene rings is 2. The molecule has 2 atom stereocenters. The second-order valence-electron chi connectivity index (χ2n) is 4.72. The Hall–Kier alpha value is -1.74. The summed E-state index contributed by atoms with van der Waals surface area (Å²) >= 11 is 0. The highest BCUT2D eigenvalue weighted by atomic mass is 19.1. The molecule has 3 heteroatoms. The van der Waals surface area contributed by atoms with Gasteiger partial charge in [0.25, 0.3) is 0 Å². The molecule has 2 aromatic carbocycles. The molecule has 0 aromatic heterocycles. The third kappa shape index (κ3) is 3.61. The summed E-state index contributed by atoms with van der Waals surface area (Å²) in [4.78, 5) is 0. The molecule has 1 nitrogen and oxygen atoms in total. The van der Waals surface area contributed by atoms with E-state index in [1.54, 1.807) is 12.1 Å². The zero-order chi connectivity index (χ0) is 13.8. The largest absolute Gasteiger partial charge is 0.304 e. The van der Waals surface area contributed by atoms with Crippen LogP contribution in [0.1, 0.15) is 37.1 Å². The van der Waals surface area contributed by atoms with E-state index in [4.69, 9.17) is 0 Å². The molecule has 0 aliphatic carbocycles. The highest BCUT2D eigenvalue weighted by Gasteiger charge is 2.12. The van der Waals surface area contributed by atoms with Crippen LogP contribution >= 0.6 is 0 Å². The molecule has 0 aliphatic rings. The summed E-state index contributed by atoms with van der Waals surface area (Å²) in [7, 11) is 0. The minimum absolute atomic E-state index is 0.00559. The normalized spacial score (nSPS) is 14.1. The third-order valence-corrected chi connectivity index (χ3v) is 3.20. The van der Waals surface area contributed by atoms with Crippen LogP contribution in [-0.4, -0.2) is 0 Å². The van der Waals surface area contributed by atoms with Gasteiger partial charge in [-0.2, -0.15) is 0 Å². The molecule has 0 radical (unpaired) electrons. The summed E-state index contributed by atoms with van der Waals surface area (Å²) in [6.07, 6.45) is 0. The number of rotatable bonds is 4. The van der Waals surface area contributed by atoms with Gasteiger partial charge in [-0.15, -0.1) is 0 Å². The summed E-state index contributed by atoms with van der Waals surface area (Å²) < 4.78 is 26.3. The summed E-state index contributed by atoms with van der Waals surface area (Å²) in [5.74, 6) is -0.492. The van der Waals surface area contributed by atoms with E-state index in [2.05, 4.69) is 5.32 Å². The lowest BCUT2D eigenvalue weighted by molar-refractivity contribution is 0.489. The van der Waals surface area contributed by atoms with Crippen LogP contribution in [0.5, 0.6) is 0 Å². The van der Waals surface area contributed by atoms with Crippen LogP contribution in [0.3, 0.4) is 0 Å². The van der Waals surface area contributed by atoms with E-state index in [9.17, 15) is 8.78 Å². The molecule has 1 N–H and O–H groups in total. The van der Waals surface area contributed by atoms with Gasteiger partial charge >= 0.3 is 0 Å². The van der Waals surface area contributed by atoms with Gasteiger partial charge in [0.15, 0.2) is 0 Å². The molecule has 0 saturated carbocycles. The Morgan fingerprint density at radius 1 is 0.789 bits per heavy atom. The average Bonchev–Trinajstić information content (AvgIpc) is 2.38. The standard InChI is InChI=1S/C16H17F2N/c1-11(13-5-3-7-15(17)9-13)19-12(2)14-6-4-8-16(18)10-14/h3-12,19H,1-2H3/t11-,12?/m0/s1. The Morgan fingerprint density at radius 2 is 1.21 bits per heavy atom. The fraction of sp³-hybridized carbons (Fsp3) is 0.250. The molecule has 19 heavy (non-hydrogen) atoms. The Morgan fingerprint density at radius 3 is 1.58 bits per heavy atom. The number of hydrogen-bond acceptors (Lipinski definition) is 1. The van der Waals surface area contributed by atoms with Gasteiger partial charge < -0.3 is 5.32 Å². The van der Waals surface area contributed by atoms with Crippen molar-refractivity contribution in [2.75, 3.05) is 0 Å². The number of nitrogens with one attached hydrogen (secondary N) is 1.